The smallest absolute Gasteiger partial charge is 0.212 e. The first-order valence-electron chi connectivity index (χ1n) is 6.89. The molecule has 1 aliphatic rings. The Bertz CT molecular complexity index is 837. The molecule has 2 heterocycles. The molecule has 3 aromatic rings. The van der Waals surface area contributed by atoms with Crippen LogP contribution in [0.25, 0.3) is 11.4 Å². The Labute approximate surface area is 131 Å². The fourth-order valence-electron chi connectivity index (χ4n) is 2.31. The molecule has 0 aliphatic carbocycles. The Morgan fingerprint density at radius 3 is 2.45 bits per heavy atom. The quantitative estimate of drug-likeness (QED) is 0.739. The van der Waals surface area contributed by atoms with Gasteiger partial charge in [0.1, 0.15) is 0 Å². The lowest BCUT2D eigenvalue weighted by Gasteiger charge is -2.14. The first kappa shape index (κ1) is 13.1. The molecular weight excluding hydrogens is 294 g/mol. The predicted octanol–water partition coefficient (Wildman–Crippen LogP) is 2.89. The Kier molecular flexibility index (Phi) is 3.16. The maximum absolute atomic E-state index is 5.75. The summed E-state index contributed by atoms with van der Waals surface area (Å²) in [7, 11) is 0. The van der Waals surface area contributed by atoms with E-state index in [0.717, 1.165) is 39.3 Å². The van der Waals surface area contributed by atoms with E-state index < -0.39 is 0 Å². The van der Waals surface area contributed by atoms with Gasteiger partial charge in [0, 0.05) is 17.0 Å². The number of nitrogens with zero attached hydrogens (tertiary/aromatic N) is 4. The molecule has 0 amide bonds. The van der Waals surface area contributed by atoms with Crippen molar-refractivity contribution in [1.82, 2.24) is 14.9 Å². The van der Waals surface area contributed by atoms with Gasteiger partial charge in [0.15, 0.2) is 5.82 Å². The van der Waals surface area contributed by atoms with Crippen LogP contribution in [-0.2, 0) is 0 Å². The number of thioether (sulfide) groups is 1. The highest BCUT2D eigenvalue weighted by Gasteiger charge is 2.20. The third-order valence-corrected chi connectivity index (χ3v) is 4.38. The summed E-state index contributed by atoms with van der Waals surface area (Å²) in [5, 5.41) is 14.0. The molecule has 0 atom stereocenters. The first-order chi connectivity index (χ1) is 10.8. The van der Waals surface area contributed by atoms with E-state index in [4.69, 9.17) is 10.8 Å². The predicted molar refractivity (Wildman–Crippen MR) is 89.0 cm³/mol. The van der Waals surface area contributed by atoms with E-state index >= 15 is 0 Å². The van der Waals surface area contributed by atoms with E-state index in [1.165, 1.54) is 0 Å². The number of nitrogen functional groups attached to an aromatic ring is 1. The number of benzene rings is 2. The third kappa shape index (κ3) is 2.27. The second kappa shape index (κ2) is 5.31. The number of nitrogens with two attached hydrogens (primary N) is 1. The third-order valence-electron chi connectivity index (χ3n) is 3.45. The average Bonchev–Trinajstić information content (AvgIpc) is 2.99. The van der Waals surface area contributed by atoms with Gasteiger partial charge in [0.25, 0.3) is 0 Å². The topological polar surface area (TPSA) is 69.1 Å². The van der Waals surface area contributed by atoms with Gasteiger partial charge in [-0.25, -0.2) is 0 Å². The second-order valence-corrected chi connectivity index (χ2v) is 5.88. The van der Waals surface area contributed by atoms with Gasteiger partial charge in [0.2, 0.25) is 5.16 Å². The average molecular weight is 307 g/mol. The Hall–Kier alpha value is -2.60. The molecule has 0 saturated carbocycles. The fraction of sp³-hybridized carbons (Fsp3) is 0.0625. The number of rotatable bonds is 2. The molecule has 2 N–H and O–H groups in total. The van der Waals surface area contributed by atoms with Crippen LogP contribution in [-0.4, -0.2) is 26.3 Å². The van der Waals surface area contributed by atoms with Crippen LogP contribution in [0.3, 0.4) is 0 Å². The van der Waals surface area contributed by atoms with Gasteiger partial charge in [-0.05, 0) is 17.7 Å². The van der Waals surface area contributed by atoms with E-state index in [1.807, 2.05) is 59.3 Å². The zero-order valence-corrected chi connectivity index (χ0v) is 12.5. The zero-order chi connectivity index (χ0) is 14.9. The van der Waals surface area contributed by atoms with Crippen LogP contribution in [0.1, 0.15) is 5.56 Å². The summed E-state index contributed by atoms with van der Waals surface area (Å²) in [6.07, 6.45) is 0. The lowest BCUT2D eigenvalue weighted by molar-refractivity contribution is 0.762. The molecule has 0 radical (unpaired) electrons. The van der Waals surface area contributed by atoms with Crippen molar-refractivity contribution in [3.05, 3.63) is 60.2 Å². The maximum Gasteiger partial charge on any atom is 0.212 e. The molecule has 22 heavy (non-hydrogen) atoms. The molecule has 5 nitrogen and oxygen atoms in total. The van der Waals surface area contributed by atoms with Gasteiger partial charge >= 0.3 is 0 Å². The first-order valence-corrected chi connectivity index (χ1v) is 7.87. The molecule has 0 fully saturated rings. The zero-order valence-electron chi connectivity index (χ0n) is 11.7. The fourth-order valence-corrected chi connectivity index (χ4v) is 3.15. The normalized spacial score (nSPS) is 13.5. The van der Waals surface area contributed by atoms with Crippen LogP contribution in [0.2, 0.25) is 0 Å². The van der Waals surface area contributed by atoms with Crippen molar-refractivity contribution < 1.29 is 0 Å². The molecule has 0 unspecified atom stereocenters. The van der Waals surface area contributed by atoms with Crippen LogP contribution < -0.4 is 5.73 Å². The summed E-state index contributed by atoms with van der Waals surface area (Å²) >= 11 is 1.64. The van der Waals surface area contributed by atoms with Crippen LogP contribution in [0.4, 0.5) is 5.69 Å². The van der Waals surface area contributed by atoms with E-state index in [-0.39, 0.29) is 0 Å². The van der Waals surface area contributed by atoms with Gasteiger partial charge < -0.3 is 5.73 Å². The standard InChI is InChI=1S/C16H13N5S/c17-13-8-6-11(7-9-13)14-10-22-16-19-18-15(21(16)20-14)12-4-2-1-3-5-12/h1-9H,10,17H2. The van der Waals surface area contributed by atoms with Crippen molar-refractivity contribution in [1.29, 1.82) is 0 Å². The van der Waals surface area contributed by atoms with E-state index in [2.05, 4.69) is 10.2 Å². The van der Waals surface area contributed by atoms with Gasteiger partial charge in [-0.15, -0.1) is 10.2 Å². The number of aromatic nitrogens is 3. The van der Waals surface area contributed by atoms with Gasteiger partial charge in [-0.2, -0.15) is 9.78 Å². The molecule has 6 heteroatoms. The summed E-state index contributed by atoms with van der Waals surface area (Å²) in [5.41, 5.74) is 9.57. The highest BCUT2D eigenvalue weighted by molar-refractivity contribution is 7.99. The molecular formula is C16H13N5S. The molecule has 0 saturated heterocycles. The molecule has 4 rings (SSSR count). The summed E-state index contributed by atoms with van der Waals surface area (Å²) < 4.78 is 1.81. The van der Waals surface area contributed by atoms with Gasteiger partial charge in [-0.3, -0.25) is 0 Å². The summed E-state index contributed by atoms with van der Waals surface area (Å²) in [6.45, 7) is 0. The van der Waals surface area contributed by atoms with Crippen molar-refractivity contribution in [2.75, 3.05) is 11.5 Å². The van der Waals surface area contributed by atoms with E-state index in [9.17, 15) is 0 Å². The molecule has 1 aromatic heterocycles. The van der Waals surface area contributed by atoms with Gasteiger partial charge in [-0.1, -0.05) is 54.2 Å². The molecule has 1 aliphatic heterocycles. The number of anilines is 1. The summed E-state index contributed by atoms with van der Waals surface area (Å²) in [5.74, 6) is 1.53. The maximum atomic E-state index is 5.75. The second-order valence-electron chi connectivity index (χ2n) is 4.94. The van der Waals surface area contributed by atoms with Crippen LogP contribution in [0, 0.1) is 0 Å². The minimum absolute atomic E-state index is 0.753. The SMILES string of the molecule is Nc1ccc(C2=Nn3c(nnc3-c3ccccc3)SC2)cc1. The van der Waals surface area contributed by atoms with Crippen molar-refractivity contribution in [2.24, 2.45) is 5.10 Å². The molecule has 2 aromatic carbocycles. The highest BCUT2D eigenvalue weighted by atomic mass is 32.2. The van der Waals surface area contributed by atoms with Crippen molar-refractivity contribution in [3.63, 3.8) is 0 Å². The van der Waals surface area contributed by atoms with Crippen LogP contribution in [0.15, 0.2) is 64.9 Å². The van der Waals surface area contributed by atoms with Crippen LogP contribution >= 0.6 is 11.8 Å². The van der Waals surface area contributed by atoms with Gasteiger partial charge in [0.05, 0.1) is 5.71 Å². The van der Waals surface area contributed by atoms with Crippen molar-refractivity contribution >= 4 is 23.2 Å². The summed E-state index contributed by atoms with van der Waals surface area (Å²) in [6, 6.07) is 17.7. The molecule has 108 valence electrons. The number of fused-ring (bicyclic) bond motifs is 1. The monoisotopic (exact) mass is 307 g/mol. The molecule has 0 bridgehead atoms. The number of hydrogen-bond donors (Lipinski definition) is 1. The highest BCUT2D eigenvalue weighted by Crippen LogP contribution is 2.28. The molecule has 0 spiro atoms. The minimum Gasteiger partial charge on any atom is -0.399 e. The Balaban J connectivity index is 1.79. The Morgan fingerprint density at radius 1 is 0.909 bits per heavy atom. The largest absolute Gasteiger partial charge is 0.399 e. The van der Waals surface area contributed by atoms with Crippen molar-refractivity contribution in [2.45, 2.75) is 5.16 Å². The number of hydrogen-bond acceptors (Lipinski definition) is 5. The van der Waals surface area contributed by atoms with E-state index in [0.29, 0.717) is 0 Å². The Morgan fingerprint density at radius 2 is 1.68 bits per heavy atom. The lowest BCUT2D eigenvalue weighted by Crippen LogP contribution is -2.13. The van der Waals surface area contributed by atoms with E-state index in [1.54, 1.807) is 11.8 Å². The summed E-state index contributed by atoms with van der Waals surface area (Å²) in [4.78, 5) is 0. The van der Waals surface area contributed by atoms with Crippen molar-refractivity contribution in [3.8, 4) is 11.4 Å². The lowest BCUT2D eigenvalue weighted by atomic mass is 10.1. The van der Waals surface area contributed by atoms with Crippen LogP contribution in [0.5, 0.6) is 0 Å². The minimum atomic E-state index is 0.753.